The number of benzene rings is 3. The lowest BCUT2D eigenvalue weighted by Crippen LogP contribution is -1.97. The van der Waals surface area contributed by atoms with Gasteiger partial charge in [0.1, 0.15) is 18.1 Å². The standard InChI is InChI=1S/C22H14Cl4N2O2/c23-12-4-6-14(20(26)8-12)16-10-27-28-22(16)15-7-5-13(9-21(15)29)30-11-17-18(24)2-1-3-19(17)25/h1-10,29H,11H2,(H,27,28). The predicted octanol–water partition coefficient (Wildman–Crippen LogP) is 7.64. The number of halogens is 4. The monoisotopic (exact) mass is 478 g/mol. The Labute approximate surface area is 192 Å². The summed E-state index contributed by atoms with van der Waals surface area (Å²) in [5.41, 5.74) is 3.34. The topological polar surface area (TPSA) is 58.1 Å². The molecule has 4 aromatic rings. The van der Waals surface area contributed by atoms with E-state index < -0.39 is 0 Å². The molecule has 0 amide bonds. The van der Waals surface area contributed by atoms with Gasteiger partial charge in [0.05, 0.1) is 16.9 Å². The smallest absolute Gasteiger partial charge is 0.128 e. The van der Waals surface area contributed by atoms with Crippen LogP contribution in [0.5, 0.6) is 11.5 Å². The van der Waals surface area contributed by atoms with Crippen LogP contribution in [0, 0.1) is 0 Å². The molecule has 8 heteroatoms. The molecule has 3 aromatic carbocycles. The molecule has 0 unspecified atom stereocenters. The van der Waals surface area contributed by atoms with Crippen molar-refractivity contribution in [1.29, 1.82) is 0 Å². The highest BCUT2D eigenvalue weighted by Crippen LogP contribution is 2.40. The minimum absolute atomic E-state index is 0.0216. The number of phenols is 1. The van der Waals surface area contributed by atoms with E-state index in [0.717, 1.165) is 11.1 Å². The first-order chi connectivity index (χ1) is 14.4. The maximum absolute atomic E-state index is 10.6. The highest BCUT2D eigenvalue weighted by molar-refractivity contribution is 6.36. The lowest BCUT2D eigenvalue weighted by molar-refractivity contribution is 0.304. The highest BCUT2D eigenvalue weighted by Gasteiger charge is 2.16. The third-order valence-electron chi connectivity index (χ3n) is 4.54. The van der Waals surface area contributed by atoms with Crippen molar-refractivity contribution < 1.29 is 9.84 Å². The first kappa shape index (κ1) is 20.9. The van der Waals surface area contributed by atoms with Gasteiger partial charge in [-0.2, -0.15) is 5.10 Å². The minimum atomic E-state index is 0.0216. The highest BCUT2D eigenvalue weighted by atomic mass is 35.5. The number of aromatic amines is 1. The van der Waals surface area contributed by atoms with Gasteiger partial charge in [-0.25, -0.2) is 0 Å². The van der Waals surface area contributed by atoms with Crippen molar-refractivity contribution in [1.82, 2.24) is 10.2 Å². The fraction of sp³-hybridized carbons (Fsp3) is 0.0455. The van der Waals surface area contributed by atoms with Crippen LogP contribution in [0.15, 0.2) is 60.8 Å². The van der Waals surface area contributed by atoms with E-state index in [0.29, 0.717) is 42.7 Å². The van der Waals surface area contributed by atoms with Crippen molar-refractivity contribution in [3.05, 3.63) is 86.4 Å². The summed E-state index contributed by atoms with van der Waals surface area (Å²) in [6.45, 7) is 0.174. The van der Waals surface area contributed by atoms with Gasteiger partial charge in [-0.15, -0.1) is 0 Å². The predicted molar refractivity (Wildman–Crippen MR) is 122 cm³/mol. The van der Waals surface area contributed by atoms with Gasteiger partial charge >= 0.3 is 0 Å². The molecule has 0 atom stereocenters. The maximum atomic E-state index is 10.6. The van der Waals surface area contributed by atoms with Crippen molar-refractivity contribution in [2.45, 2.75) is 6.61 Å². The van der Waals surface area contributed by atoms with Crippen LogP contribution in [0.2, 0.25) is 20.1 Å². The lowest BCUT2D eigenvalue weighted by Gasteiger charge is -2.12. The number of aromatic hydroxyl groups is 1. The van der Waals surface area contributed by atoms with Crippen LogP contribution in [-0.4, -0.2) is 15.3 Å². The summed E-state index contributed by atoms with van der Waals surface area (Å²) in [5.74, 6) is 0.492. The third-order valence-corrected chi connectivity index (χ3v) is 5.80. The van der Waals surface area contributed by atoms with Gasteiger partial charge in [0.25, 0.3) is 0 Å². The first-order valence-electron chi connectivity index (χ1n) is 8.82. The largest absolute Gasteiger partial charge is 0.507 e. The molecule has 152 valence electrons. The number of aromatic nitrogens is 2. The summed E-state index contributed by atoms with van der Waals surface area (Å²) in [6, 6.07) is 15.5. The molecule has 0 aliphatic heterocycles. The Kier molecular flexibility index (Phi) is 6.11. The Morgan fingerprint density at radius 3 is 2.27 bits per heavy atom. The molecule has 0 radical (unpaired) electrons. The average Bonchev–Trinajstić information content (AvgIpc) is 3.17. The molecule has 30 heavy (non-hydrogen) atoms. The molecule has 0 spiro atoms. The second kappa shape index (κ2) is 8.78. The van der Waals surface area contributed by atoms with Crippen LogP contribution in [0.1, 0.15) is 5.56 Å². The molecule has 1 heterocycles. The summed E-state index contributed by atoms with van der Waals surface area (Å²) in [7, 11) is 0. The van der Waals surface area contributed by atoms with E-state index in [2.05, 4.69) is 10.2 Å². The van der Waals surface area contributed by atoms with E-state index in [-0.39, 0.29) is 12.4 Å². The quantitative estimate of drug-likeness (QED) is 0.309. The summed E-state index contributed by atoms with van der Waals surface area (Å²) in [4.78, 5) is 0. The van der Waals surface area contributed by atoms with E-state index in [9.17, 15) is 5.11 Å². The number of nitrogens with one attached hydrogen (secondary N) is 1. The fourth-order valence-corrected chi connectivity index (χ4v) is 4.06. The Hall–Kier alpha value is -2.37. The van der Waals surface area contributed by atoms with Gasteiger partial charge in [0.2, 0.25) is 0 Å². The molecular weight excluding hydrogens is 466 g/mol. The number of hydrogen-bond donors (Lipinski definition) is 2. The third kappa shape index (κ3) is 4.23. The van der Waals surface area contributed by atoms with Crippen LogP contribution in [0.25, 0.3) is 22.4 Å². The van der Waals surface area contributed by atoms with Gasteiger partial charge in [0, 0.05) is 43.4 Å². The van der Waals surface area contributed by atoms with E-state index in [1.54, 1.807) is 54.7 Å². The van der Waals surface area contributed by atoms with Crippen LogP contribution < -0.4 is 4.74 Å². The zero-order valence-electron chi connectivity index (χ0n) is 15.3. The van der Waals surface area contributed by atoms with Crippen LogP contribution >= 0.6 is 46.4 Å². The zero-order chi connectivity index (χ0) is 21.3. The minimum Gasteiger partial charge on any atom is -0.507 e. The van der Waals surface area contributed by atoms with Gasteiger partial charge in [-0.1, -0.05) is 58.5 Å². The number of hydrogen-bond acceptors (Lipinski definition) is 3. The molecule has 2 N–H and O–H groups in total. The Morgan fingerprint density at radius 2 is 1.57 bits per heavy atom. The summed E-state index contributed by atoms with van der Waals surface area (Å²) in [5, 5.41) is 19.7. The SMILES string of the molecule is Oc1cc(OCc2c(Cl)cccc2Cl)ccc1-c1[nH]ncc1-c1ccc(Cl)cc1Cl. The van der Waals surface area contributed by atoms with Gasteiger partial charge in [-0.05, 0) is 36.4 Å². The molecule has 4 nitrogen and oxygen atoms in total. The van der Waals surface area contributed by atoms with Crippen molar-refractivity contribution in [3.63, 3.8) is 0 Å². The molecule has 0 bridgehead atoms. The Morgan fingerprint density at radius 1 is 0.833 bits per heavy atom. The first-order valence-corrected chi connectivity index (χ1v) is 10.3. The van der Waals surface area contributed by atoms with Gasteiger partial charge in [0.15, 0.2) is 0 Å². The summed E-state index contributed by atoms with van der Waals surface area (Å²) < 4.78 is 5.76. The van der Waals surface area contributed by atoms with Crippen molar-refractivity contribution >= 4 is 46.4 Å². The van der Waals surface area contributed by atoms with Crippen molar-refractivity contribution in [2.75, 3.05) is 0 Å². The van der Waals surface area contributed by atoms with Gasteiger partial charge in [-0.3, -0.25) is 5.10 Å². The second-order valence-corrected chi connectivity index (χ2v) is 8.11. The summed E-state index contributed by atoms with van der Waals surface area (Å²) >= 11 is 24.7. The van der Waals surface area contributed by atoms with E-state index in [4.69, 9.17) is 51.1 Å². The van der Waals surface area contributed by atoms with Gasteiger partial charge < -0.3 is 9.84 Å². The molecule has 0 fully saturated rings. The number of phenolic OH excluding ortho intramolecular Hbond substituents is 1. The van der Waals surface area contributed by atoms with E-state index >= 15 is 0 Å². The van der Waals surface area contributed by atoms with E-state index in [1.165, 1.54) is 6.07 Å². The van der Waals surface area contributed by atoms with E-state index in [1.807, 2.05) is 0 Å². The number of ether oxygens (including phenoxy) is 1. The van der Waals surface area contributed by atoms with Crippen LogP contribution in [0.4, 0.5) is 0 Å². The Bertz CT molecular complexity index is 1200. The Balaban J connectivity index is 1.61. The molecule has 0 aliphatic carbocycles. The lowest BCUT2D eigenvalue weighted by atomic mass is 10.0. The molecule has 1 aromatic heterocycles. The molecule has 0 aliphatic rings. The molecule has 0 saturated heterocycles. The number of nitrogens with zero attached hydrogens (tertiary/aromatic N) is 1. The molecule has 0 saturated carbocycles. The summed E-state index contributed by atoms with van der Waals surface area (Å²) in [6.07, 6.45) is 1.65. The van der Waals surface area contributed by atoms with Crippen molar-refractivity contribution in [3.8, 4) is 33.9 Å². The number of H-pyrrole nitrogens is 1. The van der Waals surface area contributed by atoms with Crippen LogP contribution in [0.3, 0.4) is 0 Å². The molecular formula is C22H14Cl4N2O2. The normalized spacial score (nSPS) is 10.9. The van der Waals surface area contributed by atoms with Crippen molar-refractivity contribution in [2.24, 2.45) is 0 Å². The molecule has 4 rings (SSSR count). The average molecular weight is 480 g/mol. The van der Waals surface area contributed by atoms with Crippen LogP contribution in [-0.2, 0) is 6.61 Å². The zero-order valence-corrected chi connectivity index (χ0v) is 18.3. The number of rotatable bonds is 5. The maximum Gasteiger partial charge on any atom is 0.128 e. The second-order valence-electron chi connectivity index (χ2n) is 6.45. The fourth-order valence-electron chi connectivity index (χ4n) is 3.04.